The lowest BCUT2D eigenvalue weighted by atomic mass is 9.76. The van der Waals surface area contributed by atoms with Crippen molar-refractivity contribution in [3.8, 4) is 0 Å². The molecule has 3 aromatic carbocycles. The van der Waals surface area contributed by atoms with Crippen molar-refractivity contribution in [1.29, 1.82) is 0 Å². The number of hydrogen-bond donors (Lipinski definition) is 2. The van der Waals surface area contributed by atoms with Gasteiger partial charge in [0.2, 0.25) is 0 Å². The first-order valence-electron chi connectivity index (χ1n) is 12.8. The largest absolute Gasteiger partial charge is 0.383 e. The van der Waals surface area contributed by atoms with Gasteiger partial charge >= 0.3 is 0 Å². The van der Waals surface area contributed by atoms with Crippen LogP contribution in [-0.2, 0) is 11.1 Å². The maximum atomic E-state index is 11.8. The summed E-state index contributed by atoms with van der Waals surface area (Å²) in [5.74, 6) is 0.885. The van der Waals surface area contributed by atoms with Gasteiger partial charge in [-0.1, -0.05) is 97.9 Å². The van der Waals surface area contributed by atoms with E-state index in [1.54, 1.807) is 0 Å². The van der Waals surface area contributed by atoms with Gasteiger partial charge in [0.1, 0.15) is 17.0 Å². The predicted molar refractivity (Wildman–Crippen MR) is 141 cm³/mol. The van der Waals surface area contributed by atoms with Gasteiger partial charge in [0.05, 0.1) is 5.69 Å². The van der Waals surface area contributed by atoms with Crippen molar-refractivity contribution in [1.82, 2.24) is 14.9 Å². The van der Waals surface area contributed by atoms with E-state index in [0.717, 1.165) is 54.0 Å². The first kappa shape index (κ1) is 23.5. The number of aromatic nitrogens is 2. The third-order valence-electron chi connectivity index (χ3n) is 7.51. The van der Waals surface area contributed by atoms with Crippen molar-refractivity contribution >= 4 is 0 Å². The monoisotopic (exact) mass is 465 g/mol. The van der Waals surface area contributed by atoms with Crippen molar-refractivity contribution in [3.05, 3.63) is 125 Å². The van der Waals surface area contributed by atoms with Gasteiger partial charge < -0.3 is 15.0 Å². The third kappa shape index (κ3) is 4.22. The van der Waals surface area contributed by atoms with Gasteiger partial charge in [-0.05, 0) is 55.8 Å². The van der Waals surface area contributed by atoms with E-state index < -0.39 is 11.1 Å². The van der Waals surface area contributed by atoms with E-state index in [9.17, 15) is 5.11 Å². The van der Waals surface area contributed by atoms with E-state index in [4.69, 9.17) is 4.98 Å². The van der Waals surface area contributed by atoms with Gasteiger partial charge in [0, 0.05) is 12.2 Å². The molecule has 0 amide bonds. The average Bonchev–Trinajstić information content (AvgIpc) is 3.30. The molecule has 1 saturated carbocycles. The van der Waals surface area contributed by atoms with Crippen LogP contribution in [-0.4, -0.2) is 27.2 Å². The molecule has 4 nitrogen and oxygen atoms in total. The van der Waals surface area contributed by atoms with Gasteiger partial charge in [-0.15, -0.1) is 0 Å². The average molecular weight is 466 g/mol. The minimum Gasteiger partial charge on any atom is -0.383 e. The van der Waals surface area contributed by atoms with Crippen LogP contribution in [0.1, 0.15) is 60.8 Å². The molecule has 0 aliphatic heterocycles. The Morgan fingerprint density at radius 2 is 1.43 bits per heavy atom. The zero-order valence-corrected chi connectivity index (χ0v) is 20.7. The maximum absolute atomic E-state index is 11.8. The molecule has 1 aliphatic rings. The van der Waals surface area contributed by atoms with Crippen molar-refractivity contribution in [2.45, 2.75) is 56.7 Å². The van der Waals surface area contributed by atoms with Gasteiger partial charge in [-0.3, -0.25) is 0 Å². The van der Waals surface area contributed by atoms with Crippen LogP contribution in [0.5, 0.6) is 0 Å². The molecular weight excluding hydrogens is 430 g/mol. The Morgan fingerprint density at radius 1 is 0.914 bits per heavy atom. The van der Waals surface area contributed by atoms with E-state index in [2.05, 4.69) is 121 Å². The Labute approximate surface area is 208 Å². The number of benzene rings is 3. The second-order valence-corrected chi connectivity index (χ2v) is 9.73. The fourth-order valence-corrected chi connectivity index (χ4v) is 5.94. The Morgan fingerprint density at radius 3 is 1.91 bits per heavy atom. The highest BCUT2D eigenvalue weighted by Gasteiger charge is 2.43. The number of imidazole rings is 1. The fourth-order valence-electron chi connectivity index (χ4n) is 5.94. The summed E-state index contributed by atoms with van der Waals surface area (Å²) < 4.78 is 2.27. The number of rotatable bonds is 7. The molecule has 0 spiro atoms. The molecule has 2 N–H and O–H groups in total. The molecule has 5 rings (SSSR count). The second-order valence-electron chi connectivity index (χ2n) is 9.73. The molecule has 4 heteroatoms. The summed E-state index contributed by atoms with van der Waals surface area (Å²) >= 11 is 0. The summed E-state index contributed by atoms with van der Waals surface area (Å²) in [7, 11) is 0. The number of nitrogens with one attached hydrogen (secondary N) is 1. The van der Waals surface area contributed by atoms with Crippen LogP contribution >= 0.6 is 0 Å². The summed E-state index contributed by atoms with van der Waals surface area (Å²) in [5, 5.41) is 15.4. The molecule has 2 unspecified atom stereocenters. The highest BCUT2D eigenvalue weighted by atomic mass is 16.3. The van der Waals surface area contributed by atoms with Crippen molar-refractivity contribution in [3.63, 3.8) is 0 Å². The summed E-state index contributed by atoms with van der Waals surface area (Å²) in [6.07, 6.45) is 5.61. The fraction of sp³-hybridized carbons (Fsp3) is 0.323. The van der Waals surface area contributed by atoms with Crippen LogP contribution in [0, 0.1) is 6.92 Å². The van der Waals surface area contributed by atoms with Gasteiger partial charge in [0.15, 0.2) is 0 Å². The number of nitrogens with zero attached hydrogens (tertiary/aromatic N) is 2. The van der Waals surface area contributed by atoms with Crippen molar-refractivity contribution in [2.24, 2.45) is 0 Å². The van der Waals surface area contributed by atoms with Gasteiger partial charge in [-0.25, -0.2) is 4.98 Å². The first-order valence-corrected chi connectivity index (χ1v) is 12.8. The Bertz CT molecular complexity index is 1140. The predicted octanol–water partition coefficient (Wildman–Crippen LogP) is 5.77. The van der Waals surface area contributed by atoms with Gasteiger partial charge in [0.25, 0.3) is 0 Å². The van der Waals surface area contributed by atoms with Crippen LogP contribution in [0.3, 0.4) is 0 Å². The Kier molecular flexibility index (Phi) is 6.59. The Hall–Kier alpha value is -3.21. The standard InChI is InChI=1S/C31H35N3O/c1-3-32-28-20-13-21-30(35,22-28)29-23-34(24(2)33-29)31(25-14-7-4-8-15-25,26-16-9-5-10-17-26)27-18-11-6-12-19-27/h4-12,14-19,23,28,32,35H,3,13,20-22H2,1-2H3. The molecule has 1 aromatic heterocycles. The maximum Gasteiger partial charge on any atom is 0.121 e. The van der Waals surface area contributed by atoms with Crippen molar-refractivity contribution < 1.29 is 5.11 Å². The molecule has 180 valence electrons. The van der Waals surface area contributed by atoms with Crippen LogP contribution in [0.2, 0.25) is 0 Å². The molecule has 2 atom stereocenters. The zero-order chi connectivity index (χ0) is 24.3. The summed E-state index contributed by atoms with van der Waals surface area (Å²) in [4.78, 5) is 5.03. The molecule has 35 heavy (non-hydrogen) atoms. The molecule has 0 bridgehead atoms. The number of hydrogen-bond acceptors (Lipinski definition) is 3. The molecule has 4 aromatic rings. The molecule has 1 fully saturated rings. The topological polar surface area (TPSA) is 50.1 Å². The lowest BCUT2D eigenvalue weighted by molar-refractivity contribution is -0.0156. The normalized spacial score (nSPS) is 20.6. The lowest BCUT2D eigenvalue weighted by Crippen LogP contribution is -2.42. The van der Waals surface area contributed by atoms with Crippen LogP contribution in [0.25, 0.3) is 0 Å². The van der Waals surface area contributed by atoms with E-state index in [0.29, 0.717) is 12.5 Å². The van der Waals surface area contributed by atoms with Crippen molar-refractivity contribution in [2.75, 3.05) is 6.54 Å². The van der Waals surface area contributed by atoms with E-state index >= 15 is 0 Å². The first-order chi connectivity index (χ1) is 17.1. The Balaban J connectivity index is 1.74. The minimum absolute atomic E-state index is 0.311. The second kappa shape index (κ2) is 9.80. The zero-order valence-electron chi connectivity index (χ0n) is 20.7. The van der Waals surface area contributed by atoms with E-state index in [1.807, 2.05) is 0 Å². The quantitative estimate of drug-likeness (QED) is 0.341. The van der Waals surface area contributed by atoms with Crippen LogP contribution in [0.4, 0.5) is 0 Å². The molecule has 1 aliphatic carbocycles. The third-order valence-corrected chi connectivity index (χ3v) is 7.51. The number of aliphatic hydroxyl groups is 1. The molecular formula is C31H35N3O. The minimum atomic E-state index is -0.934. The van der Waals surface area contributed by atoms with Gasteiger partial charge in [-0.2, -0.15) is 0 Å². The summed E-state index contributed by atoms with van der Waals surface area (Å²) in [6.45, 7) is 5.09. The molecule has 0 saturated heterocycles. The summed E-state index contributed by atoms with van der Waals surface area (Å²) in [6, 6.07) is 32.2. The highest BCUT2D eigenvalue weighted by Crippen LogP contribution is 2.44. The number of aryl methyl sites for hydroxylation is 1. The summed E-state index contributed by atoms with van der Waals surface area (Å²) in [5.41, 5.74) is 2.69. The van der Waals surface area contributed by atoms with E-state index in [1.165, 1.54) is 0 Å². The SMILES string of the molecule is CCNC1CCCC(O)(c2cn(C(c3ccccc3)(c3ccccc3)c3ccccc3)c(C)n2)C1. The van der Waals surface area contributed by atoms with Crippen LogP contribution < -0.4 is 5.32 Å². The molecule has 1 heterocycles. The van der Waals surface area contributed by atoms with E-state index in [-0.39, 0.29) is 0 Å². The van der Waals surface area contributed by atoms with Crippen LogP contribution in [0.15, 0.2) is 97.2 Å². The smallest absolute Gasteiger partial charge is 0.121 e. The highest BCUT2D eigenvalue weighted by molar-refractivity contribution is 5.51. The lowest BCUT2D eigenvalue weighted by Gasteiger charge is -2.39. The molecule has 0 radical (unpaired) electrons.